The Morgan fingerprint density at radius 3 is 2.83 bits per heavy atom. The van der Waals surface area contributed by atoms with Crippen LogP contribution in [0.5, 0.6) is 0 Å². The highest BCUT2D eigenvalue weighted by Crippen LogP contribution is 2.20. The molecule has 2 heterocycles. The number of amides is 1. The molecule has 6 heteroatoms. The fraction of sp³-hybridized carbons (Fsp3) is 0.389. The minimum absolute atomic E-state index is 0.114. The SMILES string of the molecule is Cc1cc(CC(=O)N2CCC[C@H]2C(=O)OCc2ccccc2)on1. The van der Waals surface area contributed by atoms with Gasteiger partial charge in [-0.2, -0.15) is 0 Å². The number of carbonyl (C=O) groups is 2. The first kappa shape index (κ1) is 16.2. The number of aryl methyl sites for hydroxylation is 1. The Morgan fingerprint density at radius 2 is 2.12 bits per heavy atom. The molecule has 0 unspecified atom stereocenters. The predicted octanol–water partition coefficient (Wildman–Crippen LogP) is 2.26. The summed E-state index contributed by atoms with van der Waals surface area (Å²) in [6.45, 7) is 2.59. The number of carbonyl (C=O) groups excluding carboxylic acids is 2. The number of ether oxygens (including phenoxy) is 1. The van der Waals surface area contributed by atoms with Gasteiger partial charge in [0.15, 0.2) is 0 Å². The second kappa shape index (κ2) is 7.29. The molecule has 1 amide bonds. The van der Waals surface area contributed by atoms with Crippen molar-refractivity contribution in [3.8, 4) is 0 Å². The molecule has 6 nitrogen and oxygen atoms in total. The number of esters is 1. The third-order valence-corrected chi connectivity index (χ3v) is 4.07. The molecular weight excluding hydrogens is 308 g/mol. The number of hydrogen-bond donors (Lipinski definition) is 0. The van der Waals surface area contributed by atoms with Gasteiger partial charge in [0.2, 0.25) is 5.91 Å². The zero-order chi connectivity index (χ0) is 16.9. The van der Waals surface area contributed by atoms with Crippen molar-refractivity contribution in [2.24, 2.45) is 0 Å². The lowest BCUT2D eigenvalue weighted by Crippen LogP contribution is -2.42. The highest BCUT2D eigenvalue weighted by Gasteiger charge is 2.35. The van der Waals surface area contributed by atoms with Gasteiger partial charge >= 0.3 is 5.97 Å². The second-order valence-corrected chi connectivity index (χ2v) is 5.95. The Bertz CT molecular complexity index is 711. The maximum Gasteiger partial charge on any atom is 0.329 e. The average molecular weight is 328 g/mol. The first-order valence-corrected chi connectivity index (χ1v) is 8.06. The number of hydrogen-bond acceptors (Lipinski definition) is 5. The normalized spacial score (nSPS) is 17.0. The molecule has 126 valence electrons. The van der Waals surface area contributed by atoms with E-state index in [1.807, 2.05) is 30.3 Å². The van der Waals surface area contributed by atoms with Crippen LogP contribution in [-0.4, -0.2) is 34.5 Å². The van der Waals surface area contributed by atoms with Crippen LogP contribution in [0.1, 0.15) is 29.9 Å². The van der Waals surface area contributed by atoms with Gasteiger partial charge in [-0.3, -0.25) is 4.79 Å². The van der Waals surface area contributed by atoms with Crippen LogP contribution >= 0.6 is 0 Å². The molecule has 0 N–H and O–H groups in total. The Balaban J connectivity index is 1.57. The molecule has 1 aliphatic heterocycles. The summed E-state index contributed by atoms with van der Waals surface area (Å²) in [5.74, 6) is 0.0320. The smallest absolute Gasteiger partial charge is 0.329 e. The van der Waals surface area contributed by atoms with E-state index in [1.54, 1.807) is 17.9 Å². The summed E-state index contributed by atoms with van der Waals surface area (Å²) in [6.07, 6.45) is 1.55. The summed E-state index contributed by atoms with van der Waals surface area (Å²) in [6, 6.07) is 10.7. The van der Waals surface area contributed by atoms with E-state index in [4.69, 9.17) is 9.26 Å². The van der Waals surface area contributed by atoms with Crippen LogP contribution in [0.3, 0.4) is 0 Å². The highest BCUT2D eigenvalue weighted by atomic mass is 16.5. The Morgan fingerprint density at radius 1 is 1.33 bits per heavy atom. The monoisotopic (exact) mass is 328 g/mol. The molecule has 0 radical (unpaired) electrons. The minimum atomic E-state index is -0.509. The minimum Gasteiger partial charge on any atom is -0.459 e. The molecule has 3 rings (SSSR count). The molecule has 1 saturated heterocycles. The molecule has 24 heavy (non-hydrogen) atoms. The van der Waals surface area contributed by atoms with Gasteiger partial charge in [-0.15, -0.1) is 0 Å². The van der Waals surface area contributed by atoms with E-state index in [-0.39, 0.29) is 24.9 Å². The number of aromatic nitrogens is 1. The number of rotatable bonds is 5. The van der Waals surface area contributed by atoms with Gasteiger partial charge in [0.05, 0.1) is 12.1 Å². The summed E-state index contributed by atoms with van der Waals surface area (Å²) in [4.78, 5) is 26.4. The van der Waals surface area contributed by atoms with Crippen molar-refractivity contribution in [1.29, 1.82) is 0 Å². The fourth-order valence-corrected chi connectivity index (χ4v) is 2.89. The van der Waals surface area contributed by atoms with Gasteiger partial charge in [0.1, 0.15) is 18.4 Å². The largest absolute Gasteiger partial charge is 0.459 e. The van der Waals surface area contributed by atoms with Crippen LogP contribution in [0.2, 0.25) is 0 Å². The van der Waals surface area contributed by atoms with E-state index >= 15 is 0 Å². The lowest BCUT2D eigenvalue weighted by Gasteiger charge is -2.22. The van der Waals surface area contributed by atoms with Crippen LogP contribution in [0.15, 0.2) is 40.9 Å². The van der Waals surface area contributed by atoms with Gasteiger partial charge in [-0.25, -0.2) is 4.79 Å². The Hall–Kier alpha value is -2.63. The summed E-state index contributed by atoms with van der Waals surface area (Å²) < 4.78 is 10.5. The average Bonchev–Trinajstić information content (AvgIpc) is 3.22. The highest BCUT2D eigenvalue weighted by molar-refractivity contribution is 5.86. The molecule has 0 spiro atoms. The molecule has 1 aromatic carbocycles. The quantitative estimate of drug-likeness (QED) is 0.787. The number of benzene rings is 1. The van der Waals surface area contributed by atoms with Gasteiger partial charge < -0.3 is 14.2 Å². The van der Waals surface area contributed by atoms with Crippen molar-refractivity contribution in [2.75, 3.05) is 6.54 Å². The number of likely N-dealkylation sites (tertiary alicyclic amines) is 1. The van der Waals surface area contributed by atoms with Gasteiger partial charge in [0.25, 0.3) is 0 Å². The zero-order valence-electron chi connectivity index (χ0n) is 13.6. The molecular formula is C18H20N2O4. The lowest BCUT2D eigenvalue weighted by atomic mass is 10.2. The van der Waals surface area contributed by atoms with E-state index in [1.165, 1.54) is 0 Å². The van der Waals surface area contributed by atoms with Crippen molar-refractivity contribution < 1.29 is 18.8 Å². The second-order valence-electron chi connectivity index (χ2n) is 5.95. The van der Waals surface area contributed by atoms with Crippen LogP contribution < -0.4 is 0 Å². The summed E-state index contributed by atoms with van der Waals surface area (Å²) in [5, 5.41) is 3.78. The molecule has 0 bridgehead atoms. The van der Waals surface area contributed by atoms with Crippen molar-refractivity contribution in [1.82, 2.24) is 10.1 Å². The van der Waals surface area contributed by atoms with E-state index < -0.39 is 6.04 Å². The van der Waals surface area contributed by atoms with E-state index in [0.717, 1.165) is 17.7 Å². The van der Waals surface area contributed by atoms with Gasteiger partial charge in [-0.1, -0.05) is 35.5 Å². The summed E-state index contributed by atoms with van der Waals surface area (Å²) in [5.41, 5.74) is 1.66. The Labute approximate surface area is 140 Å². The summed E-state index contributed by atoms with van der Waals surface area (Å²) >= 11 is 0. The zero-order valence-corrected chi connectivity index (χ0v) is 13.6. The predicted molar refractivity (Wildman–Crippen MR) is 85.9 cm³/mol. The topological polar surface area (TPSA) is 72.6 Å². The van der Waals surface area contributed by atoms with Crippen LogP contribution in [0.4, 0.5) is 0 Å². The third-order valence-electron chi connectivity index (χ3n) is 4.07. The van der Waals surface area contributed by atoms with Crippen molar-refractivity contribution in [2.45, 2.75) is 38.8 Å². The lowest BCUT2D eigenvalue weighted by molar-refractivity contribution is -0.154. The molecule has 0 saturated carbocycles. The summed E-state index contributed by atoms with van der Waals surface area (Å²) in [7, 11) is 0. The third kappa shape index (κ3) is 3.82. The van der Waals surface area contributed by atoms with Crippen LogP contribution in [0.25, 0.3) is 0 Å². The van der Waals surface area contributed by atoms with Crippen molar-refractivity contribution in [3.05, 3.63) is 53.4 Å². The van der Waals surface area contributed by atoms with Crippen molar-refractivity contribution >= 4 is 11.9 Å². The van der Waals surface area contributed by atoms with Crippen LogP contribution in [-0.2, 0) is 27.4 Å². The molecule has 1 fully saturated rings. The van der Waals surface area contributed by atoms with E-state index in [2.05, 4.69) is 5.16 Å². The van der Waals surface area contributed by atoms with Gasteiger partial charge in [-0.05, 0) is 25.3 Å². The van der Waals surface area contributed by atoms with Gasteiger partial charge in [0, 0.05) is 12.6 Å². The van der Waals surface area contributed by atoms with Crippen molar-refractivity contribution in [3.63, 3.8) is 0 Å². The standard InChI is InChI=1S/C18H20N2O4/c1-13-10-15(24-19-13)11-17(21)20-9-5-8-16(20)18(22)23-12-14-6-3-2-4-7-14/h2-4,6-7,10,16H,5,8-9,11-12H2,1H3/t16-/m0/s1. The Kier molecular flexibility index (Phi) is 4.93. The maximum absolute atomic E-state index is 12.4. The fourth-order valence-electron chi connectivity index (χ4n) is 2.89. The van der Waals surface area contributed by atoms with E-state index in [9.17, 15) is 9.59 Å². The maximum atomic E-state index is 12.4. The van der Waals surface area contributed by atoms with Crippen LogP contribution in [0, 0.1) is 6.92 Å². The number of nitrogens with zero attached hydrogens (tertiary/aromatic N) is 2. The first-order valence-electron chi connectivity index (χ1n) is 8.06. The molecule has 2 aromatic rings. The molecule has 1 aromatic heterocycles. The first-order chi connectivity index (χ1) is 11.6. The molecule has 1 atom stereocenters. The molecule has 1 aliphatic rings. The van der Waals surface area contributed by atoms with E-state index in [0.29, 0.717) is 18.7 Å². The molecule has 0 aliphatic carbocycles.